The summed E-state index contributed by atoms with van der Waals surface area (Å²) >= 11 is 0. The molecule has 1 heterocycles. The molecule has 0 bridgehead atoms. The third kappa shape index (κ3) is 2.08. The van der Waals surface area contributed by atoms with Gasteiger partial charge < -0.3 is 10.1 Å². The molecule has 2 rings (SSSR count). The van der Waals surface area contributed by atoms with Crippen molar-refractivity contribution < 1.29 is 9.53 Å². The Morgan fingerprint density at radius 3 is 2.81 bits per heavy atom. The first kappa shape index (κ1) is 10.7. The number of nitrogens with one attached hydrogen (secondary N) is 1. The highest BCUT2D eigenvalue weighted by molar-refractivity contribution is 5.91. The van der Waals surface area contributed by atoms with E-state index in [2.05, 4.69) is 5.32 Å². The van der Waals surface area contributed by atoms with Crippen LogP contribution in [0.1, 0.15) is 24.9 Å². The maximum absolute atomic E-state index is 11.5. The van der Waals surface area contributed by atoms with Crippen LogP contribution >= 0.6 is 0 Å². The van der Waals surface area contributed by atoms with E-state index in [1.54, 1.807) is 13.2 Å². The largest absolute Gasteiger partial charge is 0.496 e. The van der Waals surface area contributed by atoms with Crippen LogP contribution in [0.4, 0.5) is 0 Å². The molecule has 1 aromatic rings. The number of benzene rings is 1. The SMILES string of the molecule is COc1ccccc1C1CC(=O)C=C(C)N1. The Labute approximate surface area is 95.1 Å². The Morgan fingerprint density at radius 1 is 1.38 bits per heavy atom. The lowest BCUT2D eigenvalue weighted by molar-refractivity contribution is -0.115. The average molecular weight is 217 g/mol. The molecule has 1 unspecified atom stereocenters. The van der Waals surface area contributed by atoms with Gasteiger partial charge in [-0.1, -0.05) is 18.2 Å². The van der Waals surface area contributed by atoms with Crippen molar-refractivity contribution in [1.82, 2.24) is 5.32 Å². The number of methoxy groups -OCH3 is 1. The van der Waals surface area contributed by atoms with Gasteiger partial charge in [-0.15, -0.1) is 0 Å². The summed E-state index contributed by atoms with van der Waals surface area (Å²) in [5.74, 6) is 0.981. The number of ketones is 1. The summed E-state index contributed by atoms with van der Waals surface area (Å²) in [6.45, 7) is 1.90. The number of para-hydroxylation sites is 1. The highest BCUT2D eigenvalue weighted by Gasteiger charge is 2.21. The number of allylic oxidation sites excluding steroid dienone is 2. The van der Waals surface area contributed by atoms with E-state index >= 15 is 0 Å². The van der Waals surface area contributed by atoms with Crippen molar-refractivity contribution >= 4 is 5.78 Å². The Morgan fingerprint density at radius 2 is 2.12 bits per heavy atom. The van der Waals surface area contributed by atoms with Crippen LogP contribution in [0.3, 0.4) is 0 Å². The molecule has 0 fully saturated rings. The van der Waals surface area contributed by atoms with E-state index in [0.29, 0.717) is 6.42 Å². The second-order valence-corrected chi connectivity index (χ2v) is 3.94. The molecule has 0 aromatic heterocycles. The maximum atomic E-state index is 11.5. The number of hydrogen-bond acceptors (Lipinski definition) is 3. The third-order valence-corrected chi connectivity index (χ3v) is 2.70. The Kier molecular flexibility index (Phi) is 2.95. The van der Waals surface area contributed by atoms with E-state index in [4.69, 9.17) is 4.74 Å². The third-order valence-electron chi connectivity index (χ3n) is 2.70. The fourth-order valence-corrected chi connectivity index (χ4v) is 2.01. The quantitative estimate of drug-likeness (QED) is 0.825. The van der Waals surface area contributed by atoms with E-state index in [1.165, 1.54) is 0 Å². The molecule has 0 saturated carbocycles. The summed E-state index contributed by atoms with van der Waals surface area (Å²) in [5, 5.41) is 3.30. The topological polar surface area (TPSA) is 38.3 Å². The summed E-state index contributed by atoms with van der Waals surface area (Å²) in [7, 11) is 1.65. The van der Waals surface area contributed by atoms with Crippen LogP contribution in [0.25, 0.3) is 0 Å². The Hall–Kier alpha value is -1.77. The predicted molar refractivity (Wildman–Crippen MR) is 62.3 cm³/mol. The van der Waals surface area contributed by atoms with Gasteiger partial charge in [-0.2, -0.15) is 0 Å². The molecule has 0 saturated heterocycles. The van der Waals surface area contributed by atoms with Gasteiger partial charge in [0.1, 0.15) is 5.75 Å². The first-order valence-corrected chi connectivity index (χ1v) is 5.31. The van der Waals surface area contributed by atoms with Gasteiger partial charge in [-0.25, -0.2) is 0 Å². The van der Waals surface area contributed by atoms with Gasteiger partial charge in [0.15, 0.2) is 5.78 Å². The summed E-state index contributed by atoms with van der Waals surface area (Å²) in [6, 6.07) is 7.80. The average Bonchev–Trinajstić information content (AvgIpc) is 2.27. The van der Waals surface area contributed by atoms with Gasteiger partial charge in [0.25, 0.3) is 0 Å². The molecular weight excluding hydrogens is 202 g/mol. The second kappa shape index (κ2) is 4.39. The molecule has 1 N–H and O–H groups in total. The fraction of sp³-hybridized carbons (Fsp3) is 0.308. The van der Waals surface area contributed by atoms with Gasteiger partial charge in [0.05, 0.1) is 13.2 Å². The van der Waals surface area contributed by atoms with Crippen molar-refractivity contribution in [3.63, 3.8) is 0 Å². The Balaban J connectivity index is 2.31. The zero-order valence-electron chi connectivity index (χ0n) is 9.49. The number of hydrogen-bond donors (Lipinski definition) is 1. The molecule has 0 radical (unpaired) electrons. The molecule has 0 spiro atoms. The van der Waals surface area contributed by atoms with E-state index in [0.717, 1.165) is 17.0 Å². The van der Waals surface area contributed by atoms with Crippen LogP contribution in [0.2, 0.25) is 0 Å². The highest BCUT2D eigenvalue weighted by Crippen LogP contribution is 2.29. The lowest BCUT2D eigenvalue weighted by Gasteiger charge is -2.24. The van der Waals surface area contributed by atoms with Crippen molar-refractivity contribution in [3.05, 3.63) is 41.6 Å². The van der Waals surface area contributed by atoms with Crippen molar-refractivity contribution in [3.8, 4) is 5.75 Å². The highest BCUT2D eigenvalue weighted by atomic mass is 16.5. The van der Waals surface area contributed by atoms with Crippen LogP contribution in [0.15, 0.2) is 36.0 Å². The van der Waals surface area contributed by atoms with Gasteiger partial charge in [0.2, 0.25) is 0 Å². The molecule has 1 aliphatic rings. The smallest absolute Gasteiger partial charge is 0.159 e. The normalized spacial score (nSPS) is 20.0. The van der Waals surface area contributed by atoms with Gasteiger partial charge >= 0.3 is 0 Å². The summed E-state index contributed by atoms with van der Waals surface area (Å²) < 4.78 is 5.30. The van der Waals surface area contributed by atoms with Crippen LogP contribution in [0.5, 0.6) is 5.75 Å². The zero-order chi connectivity index (χ0) is 11.5. The molecule has 3 nitrogen and oxygen atoms in total. The monoisotopic (exact) mass is 217 g/mol. The van der Waals surface area contributed by atoms with Crippen molar-refractivity contribution in [2.45, 2.75) is 19.4 Å². The van der Waals surface area contributed by atoms with Crippen LogP contribution < -0.4 is 10.1 Å². The fourth-order valence-electron chi connectivity index (χ4n) is 2.01. The zero-order valence-corrected chi connectivity index (χ0v) is 9.49. The van der Waals surface area contributed by atoms with Gasteiger partial charge in [0, 0.05) is 17.7 Å². The van der Waals surface area contributed by atoms with Crippen molar-refractivity contribution in [2.24, 2.45) is 0 Å². The minimum Gasteiger partial charge on any atom is -0.496 e. The van der Waals surface area contributed by atoms with Crippen molar-refractivity contribution in [2.75, 3.05) is 7.11 Å². The maximum Gasteiger partial charge on any atom is 0.159 e. The van der Waals surface area contributed by atoms with Gasteiger partial charge in [-0.05, 0) is 19.1 Å². The van der Waals surface area contributed by atoms with E-state index < -0.39 is 0 Å². The molecule has 1 atom stereocenters. The molecular formula is C13H15NO2. The lowest BCUT2D eigenvalue weighted by Crippen LogP contribution is -2.27. The first-order chi connectivity index (χ1) is 7.70. The molecule has 84 valence electrons. The van der Waals surface area contributed by atoms with Crippen LogP contribution in [-0.2, 0) is 4.79 Å². The summed E-state index contributed by atoms with van der Waals surface area (Å²) in [4.78, 5) is 11.5. The molecule has 3 heteroatoms. The number of ether oxygens (including phenoxy) is 1. The molecule has 0 aliphatic carbocycles. The number of carbonyl (C=O) groups is 1. The summed E-state index contributed by atoms with van der Waals surface area (Å²) in [5.41, 5.74) is 1.94. The standard InChI is InChI=1S/C13H15NO2/c1-9-7-10(15)8-12(14-9)11-5-3-4-6-13(11)16-2/h3-7,12,14H,8H2,1-2H3. The predicted octanol–water partition coefficient (Wildman–Crippen LogP) is 2.20. The molecule has 16 heavy (non-hydrogen) atoms. The van der Waals surface area contributed by atoms with E-state index in [9.17, 15) is 4.79 Å². The van der Waals surface area contributed by atoms with E-state index in [-0.39, 0.29) is 11.8 Å². The number of rotatable bonds is 2. The first-order valence-electron chi connectivity index (χ1n) is 5.31. The molecule has 1 aromatic carbocycles. The number of carbonyl (C=O) groups excluding carboxylic acids is 1. The molecule has 0 amide bonds. The van der Waals surface area contributed by atoms with Crippen molar-refractivity contribution in [1.29, 1.82) is 0 Å². The minimum absolute atomic E-state index is 0.0219. The summed E-state index contributed by atoms with van der Waals surface area (Å²) in [6.07, 6.45) is 2.13. The van der Waals surface area contributed by atoms with E-state index in [1.807, 2.05) is 31.2 Å². The molecule has 1 aliphatic heterocycles. The van der Waals surface area contributed by atoms with Crippen LogP contribution in [-0.4, -0.2) is 12.9 Å². The lowest BCUT2D eigenvalue weighted by atomic mass is 9.97. The van der Waals surface area contributed by atoms with Gasteiger partial charge in [-0.3, -0.25) is 4.79 Å². The second-order valence-electron chi connectivity index (χ2n) is 3.94. The Bertz CT molecular complexity index is 437. The minimum atomic E-state index is 0.0219. The van der Waals surface area contributed by atoms with Crippen LogP contribution in [0, 0.1) is 0 Å².